The second-order valence-electron chi connectivity index (χ2n) is 4.89. The van der Waals surface area contributed by atoms with Crippen LogP contribution in [-0.4, -0.2) is 18.4 Å². The predicted molar refractivity (Wildman–Crippen MR) is 66.1 cm³/mol. The molecular formula is C13H27NO. The number of unbranched alkanes of at least 4 members (excludes halogenated alkanes) is 3. The summed E-state index contributed by atoms with van der Waals surface area (Å²) in [6.07, 6.45) is 5.51. The van der Waals surface area contributed by atoms with Gasteiger partial charge in [0.1, 0.15) is 5.78 Å². The molecule has 0 unspecified atom stereocenters. The number of carbonyl (C=O) groups is 1. The Hall–Kier alpha value is -0.370. The van der Waals surface area contributed by atoms with E-state index in [0.717, 1.165) is 19.4 Å². The minimum atomic E-state index is 0.215. The largest absolute Gasteiger partial charge is 0.315 e. The van der Waals surface area contributed by atoms with Gasteiger partial charge >= 0.3 is 0 Å². The molecule has 0 fully saturated rings. The molecule has 0 radical (unpaired) electrons. The standard InChI is InChI=1S/C13H27NO/c1-11(2)13(15)9-7-5-6-8-10-14-12(3)4/h11-12,14H,5-10H2,1-4H3. The highest BCUT2D eigenvalue weighted by atomic mass is 16.1. The molecule has 0 bridgehead atoms. The maximum Gasteiger partial charge on any atom is 0.135 e. The SMILES string of the molecule is CC(C)NCCCCCCC(=O)C(C)C. The number of ketones is 1. The van der Waals surface area contributed by atoms with Crippen LogP contribution in [0, 0.1) is 5.92 Å². The van der Waals surface area contributed by atoms with Crippen molar-refractivity contribution >= 4 is 5.78 Å². The summed E-state index contributed by atoms with van der Waals surface area (Å²) in [5.74, 6) is 0.628. The molecule has 90 valence electrons. The molecular weight excluding hydrogens is 186 g/mol. The average molecular weight is 213 g/mol. The van der Waals surface area contributed by atoms with Crippen molar-refractivity contribution < 1.29 is 4.79 Å². The Balaban J connectivity index is 3.15. The van der Waals surface area contributed by atoms with E-state index in [2.05, 4.69) is 19.2 Å². The molecule has 0 aliphatic heterocycles. The Bertz CT molecular complexity index is 164. The van der Waals surface area contributed by atoms with Crippen LogP contribution < -0.4 is 5.32 Å². The van der Waals surface area contributed by atoms with Gasteiger partial charge in [-0.3, -0.25) is 4.79 Å². The van der Waals surface area contributed by atoms with E-state index in [-0.39, 0.29) is 5.92 Å². The van der Waals surface area contributed by atoms with E-state index in [1.807, 2.05) is 13.8 Å². The minimum Gasteiger partial charge on any atom is -0.315 e. The van der Waals surface area contributed by atoms with Gasteiger partial charge in [0.15, 0.2) is 0 Å². The normalized spacial score (nSPS) is 11.3. The smallest absolute Gasteiger partial charge is 0.135 e. The zero-order valence-electron chi connectivity index (χ0n) is 10.8. The van der Waals surface area contributed by atoms with Gasteiger partial charge in [-0.15, -0.1) is 0 Å². The number of carbonyl (C=O) groups excluding carboxylic acids is 1. The van der Waals surface area contributed by atoms with E-state index in [4.69, 9.17) is 0 Å². The zero-order valence-corrected chi connectivity index (χ0v) is 10.8. The summed E-state index contributed by atoms with van der Waals surface area (Å²) in [5, 5.41) is 3.40. The number of nitrogens with one attached hydrogen (secondary N) is 1. The van der Waals surface area contributed by atoms with Crippen molar-refractivity contribution in [1.29, 1.82) is 0 Å². The van der Waals surface area contributed by atoms with E-state index >= 15 is 0 Å². The van der Waals surface area contributed by atoms with E-state index in [1.54, 1.807) is 0 Å². The minimum absolute atomic E-state index is 0.215. The van der Waals surface area contributed by atoms with Crippen molar-refractivity contribution in [2.75, 3.05) is 6.54 Å². The first-order valence-electron chi connectivity index (χ1n) is 6.30. The van der Waals surface area contributed by atoms with E-state index < -0.39 is 0 Å². The van der Waals surface area contributed by atoms with Crippen LogP contribution in [0.3, 0.4) is 0 Å². The lowest BCUT2D eigenvalue weighted by Gasteiger charge is -2.07. The molecule has 15 heavy (non-hydrogen) atoms. The van der Waals surface area contributed by atoms with Gasteiger partial charge in [0, 0.05) is 18.4 Å². The fourth-order valence-electron chi connectivity index (χ4n) is 1.46. The lowest BCUT2D eigenvalue weighted by atomic mass is 10.0. The molecule has 2 heteroatoms. The Morgan fingerprint density at radius 1 is 1.00 bits per heavy atom. The summed E-state index contributed by atoms with van der Waals surface area (Å²) >= 11 is 0. The van der Waals surface area contributed by atoms with Gasteiger partial charge in [0.05, 0.1) is 0 Å². The maximum atomic E-state index is 11.3. The number of Topliss-reactive ketones (excluding diaryl/α,β-unsaturated/α-hetero) is 1. The van der Waals surface area contributed by atoms with Crippen LogP contribution in [0.15, 0.2) is 0 Å². The van der Waals surface area contributed by atoms with E-state index in [0.29, 0.717) is 11.8 Å². The van der Waals surface area contributed by atoms with Crippen molar-refractivity contribution in [3.05, 3.63) is 0 Å². The highest BCUT2D eigenvalue weighted by molar-refractivity contribution is 5.80. The van der Waals surface area contributed by atoms with Crippen molar-refractivity contribution in [2.24, 2.45) is 5.92 Å². The number of hydrogen-bond donors (Lipinski definition) is 1. The summed E-state index contributed by atoms with van der Waals surface area (Å²) in [5.41, 5.74) is 0. The average Bonchev–Trinajstić information content (AvgIpc) is 2.15. The molecule has 0 aliphatic rings. The summed E-state index contributed by atoms with van der Waals surface area (Å²) < 4.78 is 0. The molecule has 2 nitrogen and oxygen atoms in total. The van der Waals surface area contributed by atoms with Gasteiger partial charge in [-0.2, -0.15) is 0 Å². The first kappa shape index (κ1) is 14.6. The quantitative estimate of drug-likeness (QED) is 0.596. The summed E-state index contributed by atoms with van der Waals surface area (Å²) in [4.78, 5) is 11.3. The molecule has 0 saturated carbocycles. The van der Waals surface area contributed by atoms with Crippen LogP contribution in [-0.2, 0) is 4.79 Å². The van der Waals surface area contributed by atoms with Crippen LogP contribution in [0.5, 0.6) is 0 Å². The molecule has 0 rings (SSSR count). The van der Waals surface area contributed by atoms with Crippen LogP contribution in [0.25, 0.3) is 0 Å². The third-order valence-electron chi connectivity index (χ3n) is 2.55. The molecule has 0 aromatic rings. The van der Waals surface area contributed by atoms with E-state index in [1.165, 1.54) is 19.3 Å². The number of rotatable bonds is 9. The van der Waals surface area contributed by atoms with Gasteiger partial charge in [0.25, 0.3) is 0 Å². The van der Waals surface area contributed by atoms with E-state index in [9.17, 15) is 4.79 Å². The highest BCUT2D eigenvalue weighted by Crippen LogP contribution is 2.07. The van der Waals surface area contributed by atoms with Crippen molar-refractivity contribution in [1.82, 2.24) is 5.32 Å². The van der Waals surface area contributed by atoms with Crippen molar-refractivity contribution in [3.8, 4) is 0 Å². The van der Waals surface area contributed by atoms with Gasteiger partial charge < -0.3 is 5.32 Å². The van der Waals surface area contributed by atoms with Gasteiger partial charge in [-0.1, -0.05) is 40.5 Å². The lowest BCUT2D eigenvalue weighted by molar-refractivity contribution is -0.122. The Morgan fingerprint density at radius 3 is 2.13 bits per heavy atom. The predicted octanol–water partition coefficient (Wildman–Crippen LogP) is 3.16. The van der Waals surface area contributed by atoms with Gasteiger partial charge in [0.2, 0.25) is 0 Å². The van der Waals surface area contributed by atoms with Gasteiger partial charge in [-0.25, -0.2) is 0 Å². The first-order chi connectivity index (χ1) is 7.04. The van der Waals surface area contributed by atoms with Crippen molar-refractivity contribution in [2.45, 2.75) is 65.8 Å². The lowest BCUT2D eigenvalue weighted by Crippen LogP contribution is -2.23. The summed E-state index contributed by atoms with van der Waals surface area (Å²) in [7, 11) is 0. The second kappa shape index (κ2) is 8.90. The molecule has 0 aliphatic carbocycles. The molecule has 0 atom stereocenters. The van der Waals surface area contributed by atoms with Crippen LogP contribution in [0.1, 0.15) is 59.8 Å². The Morgan fingerprint density at radius 2 is 1.60 bits per heavy atom. The molecule has 0 spiro atoms. The number of hydrogen-bond acceptors (Lipinski definition) is 2. The maximum absolute atomic E-state index is 11.3. The van der Waals surface area contributed by atoms with Crippen LogP contribution >= 0.6 is 0 Å². The summed E-state index contributed by atoms with van der Waals surface area (Å²) in [6, 6.07) is 0.590. The molecule has 0 aromatic heterocycles. The highest BCUT2D eigenvalue weighted by Gasteiger charge is 2.05. The monoisotopic (exact) mass is 213 g/mol. The fraction of sp³-hybridized carbons (Fsp3) is 0.923. The fourth-order valence-corrected chi connectivity index (χ4v) is 1.46. The molecule has 0 amide bonds. The van der Waals surface area contributed by atoms with Crippen molar-refractivity contribution in [3.63, 3.8) is 0 Å². The molecule has 0 heterocycles. The summed E-state index contributed by atoms with van der Waals surface area (Å²) in [6.45, 7) is 9.40. The molecule has 1 N–H and O–H groups in total. The third-order valence-corrected chi connectivity index (χ3v) is 2.55. The molecule has 0 aromatic carbocycles. The second-order valence-corrected chi connectivity index (χ2v) is 4.89. The van der Waals surface area contributed by atoms with Crippen LogP contribution in [0.2, 0.25) is 0 Å². The van der Waals surface area contributed by atoms with Crippen LogP contribution in [0.4, 0.5) is 0 Å². The molecule has 0 saturated heterocycles. The zero-order chi connectivity index (χ0) is 11.7. The van der Waals surface area contributed by atoms with Gasteiger partial charge in [-0.05, 0) is 19.4 Å². The topological polar surface area (TPSA) is 29.1 Å². The Kier molecular flexibility index (Phi) is 8.68. The Labute approximate surface area is 94.8 Å². The first-order valence-corrected chi connectivity index (χ1v) is 6.30. The third kappa shape index (κ3) is 9.92.